The number of rotatable bonds is 5. The maximum Gasteiger partial charge on any atom is 0.313 e. The second-order valence-corrected chi connectivity index (χ2v) is 4.79. The summed E-state index contributed by atoms with van der Waals surface area (Å²) in [6, 6.07) is 8.06. The number of aromatic nitrogens is 3. The molecule has 0 amide bonds. The molecule has 1 heterocycles. The summed E-state index contributed by atoms with van der Waals surface area (Å²) < 4.78 is 1.86. The van der Waals surface area contributed by atoms with Gasteiger partial charge in [0.25, 0.3) is 0 Å². The predicted molar refractivity (Wildman–Crippen MR) is 68.7 cm³/mol. The van der Waals surface area contributed by atoms with Crippen molar-refractivity contribution in [3.8, 4) is 0 Å². The van der Waals surface area contributed by atoms with Gasteiger partial charge in [0.15, 0.2) is 5.16 Å². The van der Waals surface area contributed by atoms with Crippen molar-refractivity contribution in [1.29, 1.82) is 0 Å². The van der Waals surface area contributed by atoms with Crippen LogP contribution in [0, 0.1) is 6.92 Å². The van der Waals surface area contributed by atoms with Crippen molar-refractivity contribution in [2.75, 3.05) is 5.75 Å². The molecule has 1 aromatic heterocycles. The van der Waals surface area contributed by atoms with E-state index in [9.17, 15) is 4.79 Å². The minimum Gasteiger partial charge on any atom is -0.481 e. The lowest BCUT2D eigenvalue weighted by Crippen LogP contribution is -2.04. The second kappa shape index (κ2) is 5.68. The molecule has 0 bridgehead atoms. The van der Waals surface area contributed by atoms with Gasteiger partial charge >= 0.3 is 5.97 Å². The largest absolute Gasteiger partial charge is 0.481 e. The Labute approximate surface area is 109 Å². The van der Waals surface area contributed by atoms with Gasteiger partial charge in [0, 0.05) is 0 Å². The average Bonchev–Trinajstić information content (AvgIpc) is 2.77. The van der Waals surface area contributed by atoms with Crippen molar-refractivity contribution in [2.45, 2.75) is 18.6 Å². The molecule has 1 aromatic carbocycles. The van der Waals surface area contributed by atoms with E-state index in [4.69, 9.17) is 5.11 Å². The number of carbonyl (C=O) groups is 1. The highest BCUT2D eigenvalue weighted by atomic mass is 32.2. The van der Waals surface area contributed by atoms with E-state index in [1.165, 1.54) is 22.9 Å². The number of carboxylic acids is 1. The predicted octanol–water partition coefficient (Wildman–Crippen LogP) is 1.81. The number of carboxylic acid groups (broad SMARTS) is 1. The van der Waals surface area contributed by atoms with Crippen LogP contribution in [0.4, 0.5) is 0 Å². The number of hydrogen-bond donors (Lipinski definition) is 1. The summed E-state index contributed by atoms with van der Waals surface area (Å²) in [5.41, 5.74) is 2.37. The zero-order valence-corrected chi connectivity index (χ0v) is 10.7. The third-order valence-electron chi connectivity index (χ3n) is 2.51. The number of hydrogen-bond acceptors (Lipinski definition) is 4. The molecule has 94 valence electrons. The van der Waals surface area contributed by atoms with E-state index in [1.54, 1.807) is 6.33 Å². The number of benzene rings is 1. The third kappa shape index (κ3) is 3.10. The minimum atomic E-state index is -0.856. The highest BCUT2D eigenvalue weighted by Crippen LogP contribution is 2.17. The van der Waals surface area contributed by atoms with Gasteiger partial charge < -0.3 is 9.67 Å². The molecule has 0 saturated carbocycles. The topological polar surface area (TPSA) is 68.0 Å². The summed E-state index contributed by atoms with van der Waals surface area (Å²) in [5, 5.41) is 17.0. The van der Waals surface area contributed by atoms with Crippen LogP contribution in [0.3, 0.4) is 0 Å². The fourth-order valence-corrected chi connectivity index (χ4v) is 2.20. The molecule has 18 heavy (non-hydrogen) atoms. The Balaban J connectivity index is 2.12. The number of nitrogens with zero attached hydrogens (tertiary/aromatic N) is 3. The molecule has 0 atom stereocenters. The third-order valence-corrected chi connectivity index (χ3v) is 3.47. The molecule has 0 radical (unpaired) electrons. The van der Waals surface area contributed by atoms with Crippen molar-refractivity contribution < 1.29 is 9.90 Å². The summed E-state index contributed by atoms with van der Waals surface area (Å²) in [5.74, 6) is -0.864. The summed E-state index contributed by atoms with van der Waals surface area (Å²) in [6.07, 6.45) is 1.62. The van der Waals surface area contributed by atoms with E-state index in [-0.39, 0.29) is 5.75 Å². The molecule has 0 aliphatic rings. The minimum absolute atomic E-state index is 0.00748. The van der Waals surface area contributed by atoms with Crippen LogP contribution in [-0.2, 0) is 11.3 Å². The first-order valence-electron chi connectivity index (χ1n) is 5.43. The Morgan fingerprint density at radius 3 is 2.94 bits per heavy atom. The first kappa shape index (κ1) is 12.6. The Kier molecular flexibility index (Phi) is 3.99. The summed E-state index contributed by atoms with van der Waals surface area (Å²) in [4.78, 5) is 10.5. The Morgan fingerprint density at radius 2 is 2.22 bits per heavy atom. The van der Waals surface area contributed by atoms with Gasteiger partial charge in [-0.3, -0.25) is 4.79 Å². The van der Waals surface area contributed by atoms with E-state index in [1.807, 2.05) is 35.8 Å². The van der Waals surface area contributed by atoms with Crippen LogP contribution in [0.2, 0.25) is 0 Å². The zero-order chi connectivity index (χ0) is 13.0. The van der Waals surface area contributed by atoms with Gasteiger partial charge in [0.05, 0.1) is 12.3 Å². The summed E-state index contributed by atoms with van der Waals surface area (Å²) in [6.45, 7) is 2.70. The van der Waals surface area contributed by atoms with Crippen molar-refractivity contribution in [3.63, 3.8) is 0 Å². The van der Waals surface area contributed by atoms with Crippen LogP contribution in [-0.4, -0.2) is 31.6 Å². The molecule has 0 aliphatic heterocycles. The molecule has 5 nitrogen and oxygen atoms in total. The van der Waals surface area contributed by atoms with Gasteiger partial charge in [0.1, 0.15) is 6.33 Å². The van der Waals surface area contributed by atoms with Gasteiger partial charge in [-0.2, -0.15) is 0 Å². The van der Waals surface area contributed by atoms with Crippen LogP contribution in [0.25, 0.3) is 0 Å². The van der Waals surface area contributed by atoms with Gasteiger partial charge in [-0.05, 0) is 18.1 Å². The van der Waals surface area contributed by atoms with Gasteiger partial charge in [-0.15, -0.1) is 10.2 Å². The van der Waals surface area contributed by atoms with Crippen molar-refractivity contribution in [1.82, 2.24) is 14.8 Å². The van der Waals surface area contributed by atoms with E-state index in [2.05, 4.69) is 10.2 Å². The van der Waals surface area contributed by atoms with Crippen molar-refractivity contribution in [2.24, 2.45) is 0 Å². The maximum atomic E-state index is 10.5. The van der Waals surface area contributed by atoms with Crippen molar-refractivity contribution in [3.05, 3.63) is 41.7 Å². The van der Waals surface area contributed by atoms with Crippen LogP contribution in [0.5, 0.6) is 0 Å². The Hall–Kier alpha value is -1.82. The number of thioether (sulfide) groups is 1. The molecule has 0 unspecified atom stereocenters. The fourth-order valence-electron chi connectivity index (χ4n) is 1.56. The highest BCUT2D eigenvalue weighted by molar-refractivity contribution is 7.99. The molecule has 0 saturated heterocycles. The summed E-state index contributed by atoms with van der Waals surface area (Å²) in [7, 11) is 0. The van der Waals surface area contributed by atoms with Gasteiger partial charge in [-0.25, -0.2) is 0 Å². The molecule has 1 N–H and O–H groups in total. The first-order valence-corrected chi connectivity index (χ1v) is 6.42. The number of aryl methyl sites for hydroxylation is 1. The standard InChI is InChI=1S/C12H13N3O2S/c1-9-4-2-3-5-10(9)6-15-8-13-14-12(15)18-7-11(16)17/h2-5,8H,6-7H2,1H3,(H,16,17). The molecule has 2 rings (SSSR count). The molecular formula is C12H13N3O2S. The Morgan fingerprint density at radius 1 is 1.44 bits per heavy atom. The van der Waals surface area contributed by atoms with E-state index < -0.39 is 5.97 Å². The normalized spacial score (nSPS) is 10.5. The van der Waals surface area contributed by atoms with Crippen molar-refractivity contribution >= 4 is 17.7 Å². The van der Waals surface area contributed by atoms with E-state index in [0.29, 0.717) is 11.7 Å². The zero-order valence-electron chi connectivity index (χ0n) is 9.91. The van der Waals surface area contributed by atoms with Crippen LogP contribution in [0.1, 0.15) is 11.1 Å². The lowest BCUT2D eigenvalue weighted by Gasteiger charge is -2.08. The van der Waals surface area contributed by atoms with Gasteiger partial charge in [0.2, 0.25) is 0 Å². The quantitative estimate of drug-likeness (QED) is 0.833. The fraction of sp³-hybridized carbons (Fsp3) is 0.250. The molecular weight excluding hydrogens is 250 g/mol. The maximum absolute atomic E-state index is 10.5. The van der Waals surface area contributed by atoms with E-state index in [0.717, 1.165) is 0 Å². The SMILES string of the molecule is Cc1ccccc1Cn1cnnc1SCC(=O)O. The Bertz CT molecular complexity index is 554. The van der Waals surface area contributed by atoms with E-state index >= 15 is 0 Å². The molecule has 0 fully saturated rings. The monoisotopic (exact) mass is 263 g/mol. The smallest absolute Gasteiger partial charge is 0.313 e. The molecule has 0 spiro atoms. The lowest BCUT2D eigenvalue weighted by molar-refractivity contribution is -0.133. The lowest BCUT2D eigenvalue weighted by atomic mass is 10.1. The van der Waals surface area contributed by atoms with Crippen LogP contribution >= 0.6 is 11.8 Å². The van der Waals surface area contributed by atoms with Crippen LogP contribution < -0.4 is 0 Å². The summed E-state index contributed by atoms with van der Waals surface area (Å²) >= 11 is 1.18. The average molecular weight is 263 g/mol. The highest BCUT2D eigenvalue weighted by Gasteiger charge is 2.08. The molecule has 2 aromatic rings. The van der Waals surface area contributed by atoms with Gasteiger partial charge in [-0.1, -0.05) is 36.0 Å². The second-order valence-electron chi connectivity index (χ2n) is 3.85. The number of aliphatic carboxylic acids is 1. The van der Waals surface area contributed by atoms with Crippen LogP contribution in [0.15, 0.2) is 35.7 Å². The first-order chi connectivity index (χ1) is 8.66. The molecule has 6 heteroatoms. The molecule has 0 aliphatic carbocycles.